The maximum Gasteiger partial charge on any atom is 0.106 e. The van der Waals surface area contributed by atoms with E-state index in [9.17, 15) is 0 Å². The lowest BCUT2D eigenvalue weighted by atomic mass is 10.1. The molecule has 1 aromatic carbocycles. The fraction of sp³-hybridized carbons (Fsp3) is 0. The summed E-state index contributed by atoms with van der Waals surface area (Å²) in [4.78, 5) is 8.83. The van der Waals surface area contributed by atoms with Crippen molar-refractivity contribution in [3.8, 4) is 0 Å². The Balaban J connectivity index is 2.57. The first-order chi connectivity index (χ1) is 7.34. The summed E-state index contributed by atoms with van der Waals surface area (Å²) in [6.07, 6.45) is 1.80. The zero-order chi connectivity index (χ0) is 10.3. The van der Waals surface area contributed by atoms with Crippen LogP contribution in [-0.2, 0) is 0 Å². The van der Waals surface area contributed by atoms with Crippen LogP contribution in [0.15, 0.2) is 47.2 Å². The van der Waals surface area contributed by atoms with Gasteiger partial charge in [0.05, 0.1) is 11.0 Å². The molecule has 0 atom stereocenters. The van der Waals surface area contributed by atoms with E-state index in [4.69, 9.17) is 0 Å². The fourth-order valence-electron chi connectivity index (χ4n) is 1.70. The summed E-state index contributed by atoms with van der Waals surface area (Å²) in [6.45, 7) is 0. The van der Waals surface area contributed by atoms with Crippen LogP contribution in [0.5, 0.6) is 0 Å². The topological polar surface area (TPSA) is 25.8 Å². The third-order valence-corrected chi connectivity index (χ3v) is 2.84. The number of benzene rings is 1. The molecule has 2 nitrogen and oxygen atoms in total. The van der Waals surface area contributed by atoms with Gasteiger partial charge in [-0.25, -0.2) is 4.98 Å². The van der Waals surface area contributed by atoms with Crippen molar-refractivity contribution in [2.75, 3.05) is 0 Å². The molecule has 0 spiro atoms. The van der Waals surface area contributed by atoms with Gasteiger partial charge >= 0.3 is 0 Å². The summed E-state index contributed by atoms with van der Waals surface area (Å²) in [5.74, 6) is 0. The summed E-state index contributed by atoms with van der Waals surface area (Å²) >= 11 is 3.38. The summed E-state index contributed by atoms with van der Waals surface area (Å²) in [7, 11) is 0. The molecule has 0 saturated carbocycles. The van der Waals surface area contributed by atoms with Crippen molar-refractivity contribution in [2.24, 2.45) is 0 Å². The first kappa shape index (κ1) is 8.80. The Morgan fingerprint density at radius 2 is 1.60 bits per heavy atom. The summed E-state index contributed by atoms with van der Waals surface area (Å²) in [5, 5.41) is 2.24. The molecule has 3 aromatic rings. The van der Waals surface area contributed by atoms with Crippen LogP contribution in [0.25, 0.3) is 21.8 Å². The second-order valence-corrected chi connectivity index (χ2v) is 4.16. The van der Waals surface area contributed by atoms with Gasteiger partial charge in [0.1, 0.15) is 4.60 Å². The highest BCUT2D eigenvalue weighted by atomic mass is 79.9. The number of aromatic nitrogens is 2. The minimum Gasteiger partial charge on any atom is -0.254 e. The van der Waals surface area contributed by atoms with Gasteiger partial charge in [-0.1, -0.05) is 24.3 Å². The number of nitrogens with zero attached hydrogens (tertiary/aromatic N) is 2. The molecule has 0 N–H and O–H groups in total. The van der Waals surface area contributed by atoms with Crippen LogP contribution in [0.2, 0.25) is 0 Å². The van der Waals surface area contributed by atoms with Crippen LogP contribution < -0.4 is 0 Å². The largest absolute Gasteiger partial charge is 0.254 e. The minimum atomic E-state index is 0.841. The van der Waals surface area contributed by atoms with Gasteiger partial charge in [0.25, 0.3) is 0 Å². The molecule has 0 aliphatic rings. The first-order valence-corrected chi connectivity index (χ1v) is 5.44. The number of rotatable bonds is 0. The van der Waals surface area contributed by atoms with Crippen LogP contribution >= 0.6 is 15.9 Å². The van der Waals surface area contributed by atoms with Crippen LogP contribution in [-0.4, -0.2) is 9.97 Å². The second kappa shape index (κ2) is 3.28. The van der Waals surface area contributed by atoms with E-state index in [-0.39, 0.29) is 0 Å². The number of hydrogen-bond donors (Lipinski definition) is 0. The van der Waals surface area contributed by atoms with E-state index in [1.807, 2.05) is 24.3 Å². The van der Waals surface area contributed by atoms with Gasteiger partial charge in [0.2, 0.25) is 0 Å². The zero-order valence-electron chi connectivity index (χ0n) is 7.81. The van der Waals surface area contributed by atoms with Gasteiger partial charge < -0.3 is 0 Å². The lowest BCUT2D eigenvalue weighted by Gasteiger charge is -2.01. The Kier molecular flexibility index (Phi) is 1.92. The monoisotopic (exact) mass is 258 g/mol. The number of halogens is 1. The average molecular weight is 259 g/mol. The van der Waals surface area contributed by atoms with E-state index in [2.05, 4.69) is 38.0 Å². The maximum atomic E-state index is 4.46. The van der Waals surface area contributed by atoms with E-state index in [1.165, 1.54) is 0 Å². The summed E-state index contributed by atoms with van der Waals surface area (Å²) in [6, 6.07) is 12.1. The SMILES string of the molecule is Brc1ccc2ccc3cccnc3c2n1. The summed E-state index contributed by atoms with van der Waals surface area (Å²) in [5.41, 5.74) is 1.90. The van der Waals surface area contributed by atoms with Gasteiger partial charge in [-0.05, 0) is 28.1 Å². The van der Waals surface area contributed by atoms with Gasteiger partial charge in [-0.3, -0.25) is 4.98 Å². The molecule has 72 valence electrons. The van der Waals surface area contributed by atoms with Crippen molar-refractivity contribution in [2.45, 2.75) is 0 Å². The normalized spacial score (nSPS) is 11.0. The molecule has 0 aliphatic heterocycles. The van der Waals surface area contributed by atoms with Gasteiger partial charge in [-0.15, -0.1) is 0 Å². The van der Waals surface area contributed by atoms with Crippen molar-refractivity contribution < 1.29 is 0 Å². The number of hydrogen-bond acceptors (Lipinski definition) is 2. The highest BCUT2D eigenvalue weighted by molar-refractivity contribution is 9.10. The van der Waals surface area contributed by atoms with Crippen molar-refractivity contribution in [3.63, 3.8) is 0 Å². The molecule has 15 heavy (non-hydrogen) atoms. The van der Waals surface area contributed by atoms with Crippen molar-refractivity contribution in [3.05, 3.63) is 47.2 Å². The second-order valence-electron chi connectivity index (χ2n) is 3.35. The molecule has 0 aliphatic carbocycles. The first-order valence-electron chi connectivity index (χ1n) is 4.64. The highest BCUT2D eigenvalue weighted by Gasteiger charge is 2.02. The molecule has 0 amide bonds. The molecule has 3 rings (SSSR count). The lowest BCUT2D eigenvalue weighted by Crippen LogP contribution is -1.84. The van der Waals surface area contributed by atoms with E-state index in [0.717, 1.165) is 26.4 Å². The predicted molar refractivity (Wildman–Crippen MR) is 64.7 cm³/mol. The fourth-order valence-corrected chi connectivity index (χ4v) is 2.01. The van der Waals surface area contributed by atoms with E-state index < -0.39 is 0 Å². The Morgan fingerprint density at radius 3 is 2.47 bits per heavy atom. The molecule has 3 heteroatoms. The smallest absolute Gasteiger partial charge is 0.106 e. The predicted octanol–water partition coefficient (Wildman–Crippen LogP) is 3.55. The quantitative estimate of drug-likeness (QED) is 0.455. The Labute approximate surface area is 95.1 Å². The van der Waals surface area contributed by atoms with Gasteiger partial charge in [0.15, 0.2) is 0 Å². The summed E-state index contributed by atoms with van der Waals surface area (Å²) < 4.78 is 0.841. The van der Waals surface area contributed by atoms with Crippen LogP contribution in [0.1, 0.15) is 0 Å². The maximum absolute atomic E-state index is 4.46. The molecule has 2 aromatic heterocycles. The molecule has 0 saturated heterocycles. The number of pyridine rings is 2. The van der Waals surface area contributed by atoms with E-state index in [0.29, 0.717) is 0 Å². The zero-order valence-corrected chi connectivity index (χ0v) is 9.40. The van der Waals surface area contributed by atoms with Crippen molar-refractivity contribution >= 4 is 37.7 Å². The molecule has 2 heterocycles. The van der Waals surface area contributed by atoms with Crippen LogP contribution in [0.3, 0.4) is 0 Å². The van der Waals surface area contributed by atoms with Crippen molar-refractivity contribution in [1.82, 2.24) is 9.97 Å². The third-order valence-electron chi connectivity index (χ3n) is 2.40. The Morgan fingerprint density at radius 1 is 0.867 bits per heavy atom. The molecule has 0 fully saturated rings. The Bertz CT molecular complexity index is 649. The molecule has 0 bridgehead atoms. The minimum absolute atomic E-state index is 0.841. The van der Waals surface area contributed by atoms with Crippen LogP contribution in [0.4, 0.5) is 0 Å². The third kappa shape index (κ3) is 1.39. The molecule has 0 radical (unpaired) electrons. The Hall–Kier alpha value is -1.48. The molecule has 0 unspecified atom stereocenters. The van der Waals surface area contributed by atoms with E-state index >= 15 is 0 Å². The van der Waals surface area contributed by atoms with Crippen molar-refractivity contribution in [1.29, 1.82) is 0 Å². The standard InChI is InChI=1S/C12H7BrN2/c13-10-6-5-9-4-3-8-2-1-7-14-11(8)12(9)15-10/h1-7H. The van der Waals surface area contributed by atoms with Crippen LogP contribution in [0, 0.1) is 0 Å². The van der Waals surface area contributed by atoms with E-state index in [1.54, 1.807) is 6.20 Å². The number of fused-ring (bicyclic) bond motifs is 3. The lowest BCUT2D eigenvalue weighted by molar-refractivity contribution is 1.34. The molecular formula is C12H7BrN2. The highest BCUT2D eigenvalue weighted by Crippen LogP contribution is 2.23. The molecular weight excluding hydrogens is 252 g/mol. The van der Waals surface area contributed by atoms with Gasteiger partial charge in [0, 0.05) is 17.0 Å². The van der Waals surface area contributed by atoms with Gasteiger partial charge in [-0.2, -0.15) is 0 Å². The average Bonchev–Trinajstić information content (AvgIpc) is 2.29.